The van der Waals surface area contributed by atoms with Gasteiger partial charge in [-0.3, -0.25) is 9.59 Å². The van der Waals surface area contributed by atoms with Crippen molar-refractivity contribution in [2.24, 2.45) is 0 Å². The molecule has 8 heteroatoms. The number of carbonyl (C=O) groups is 2. The first-order chi connectivity index (χ1) is 13.1. The van der Waals surface area contributed by atoms with Crippen LogP contribution in [0.1, 0.15) is 26.3 Å². The monoisotopic (exact) mass is 366 g/mol. The van der Waals surface area contributed by atoms with Gasteiger partial charge < -0.3 is 19.3 Å². The molecule has 0 saturated heterocycles. The van der Waals surface area contributed by atoms with Crippen molar-refractivity contribution >= 4 is 11.7 Å². The maximum atomic E-state index is 12.6. The minimum absolute atomic E-state index is 0.0597. The van der Waals surface area contributed by atoms with Crippen molar-refractivity contribution < 1.29 is 28.9 Å². The molecule has 1 aliphatic rings. The second kappa shape index (κ2) is 6.49. The van der Waals surface area contributed by atoms with Crippen molar-refractivity contribution in [2.45, 2.75) is 0 Å². The number of ketones is 1. The quantitative estimate of drug-likeness (QED) is 0.707. The number of carbonyl (C=O) groups excluding carboxylic acids is 2. The Bertz CT molecular complexity index is 1060. The highest BCUT2D eigenvalue weighted by Crippen LogP contribution is 2.32. The Morgan fingerprint density at radius 2 is 1.93 bits per heavy atom. The van der Waals surface area contributed by atoms with Gasteiger partial charge in [0.2, 0.25) is 6.79 Å². The number of rotatable bonds is 4. The van der Waals surface area contributed by atoms with E-state index >= 15 is 0 Å². The molecule has 0 radical (unpaired) electrons. The zero-order valence-corrected chi connectivity index (χ0v) is 14.2. The van der Waals surface area contributed by atoms with Crippen LogP contribution >= 0.6 is 0 Å². The lowest BCUT2D eigenvalue weighted by Crippen LogP contribution is -2.12. The Morgan fingerprint density at radius 1 is 1.11 bits per heavy atom. The molecule has 136 valence electrons. The number of aromatic hydroxyl groups is 1. The maximum absolute atomic E-state index is 12.6. The van der Waals surface area contributed by atoms with Crippen molar-refractivity contribution in [2.75, 3.05) is 13.9 Å². The smallest absolute Gasteiger partial charge is 0.278 e. The predicted octanol–water partition coefficient (Wildman–Crippen LogP) is 2.25. The van der Waals surface area contributed by atoms with Crippen LogP contribution in [0.25, 0.3) is 0 Å². The summed E-state index contributed by atoms with van der Waals surface area (Å²) < 4.78 is 16.6. The van der Waals surface area contributed by atoms with Gasteiger partial charge in [0.05, 0.1) is 24.4 Å². The average Bonchev–Trinajstić information content (AvgIpc) is 3.36. The summed E-state index contributed by atoms with van der Waals surface area (Å²) in [5.41, 5.74) is 0.558. The van der Waals surface area contributed by atoms with Gasteiger partial charge in [-0.15, -0.1) is 0 Å². The molecule has 2 heterocycles. The van der Waals surface area contributed by atoms with E-state index in [1.54, 1.807) is 24.3 Å². The molecule has 0 aliphatic carbocycles. The predicted molar refractivity (Wildman–Crippen MR) is 92.6 cm³/mol. The van der Waals surface area contributed by atoms with Crippen molar-refractivity contribution in [3.63, 3.8) is 0 Å². The van der Waals surface area contributed by atoms with Gasteiger partial charge in [-0.1, -0.05) is 0 Å². The molecule has 3 aromatic rings. The molecule has 2 aromatic carbocycles. The van der Waals surface area contributed by atoms with Crippen LogP contribution in [0, 0.1) is 0 Å². The summed E-state index contributed by atoms with van der Waals surface area (Å²) in [5, 5.41) is 13.9. The molecule has 0 spiro atoms. The highest BCUT2D eigenvalue weighted by atomic mass is 16.7. The van der Waals surface area contributed by atoms with Crippen LogP contribution in [0.2, 0.25) is 0 Å². The number of phenols is 1. The Balaban J connectivity index is 1.61. The highest BCUT2D eigenvalue weighted by Gasteiger charge is 2.20. The number of ether oxygens (including phenoxy) is 3. The third-order valence-electron chi connectivity index (χ3n) is 4.12. The van der Waals surface area contributed by atoms with E-state index in [4.69, 9.17) is 14.2 Å². The normalized spacial score (nSPS) is 12.0. The van der Waals surface area contributed by atoms with E-state index in [0.717, 1.165) is 4.68 Å². The minimum atomic E-state index is -0.476. The number of benzene rings is 2. The molecule has 0 amide bonds. The number of aromatic nitrogens is 2. The van der Waals surface area contributed by atoms with Crippen LogP contribution in [0.3, 0.4) is 0 Å². The van der Waals surface area contributed by atoms with Gasteiger partial charge in [0, 0.05) is 11.8 Å². The summed E-state index contributed by atoms with van der Waals surface area (Å²) in [6, 6.07) is 9.12. The molecule has 0 atom stereocenters. The third-order valence-corrected chi connectivity index (χ3v) is 4.12. The molecular formula is C19H14N2O6. The van der Waals surface area contributed by atoms with Crippen molar-refractivity contribution in [3.05, 3.63) is 65.5 Å². The number of hydrogen-bond acceptors (Lipinski definition) is 7. The Morgan fingerprint density at radius 3 is 2.74 bits per heavy atom. The topological polar surface area (TPSA) is 99.9 Å². The second-order valence-corrected chi connectivity index (χ2v) is 5.76. The van der Waals surface area contributed by atoms with Crippen LogP contribution in [-0.2, 0) is 0 Å². The fraction of sp³-hybridized carbons (Fsp3) is 0.105. The molecule has 0 bridgehead atoms. The van der Waals surface area contributed by atoms with Gasteiger partial charge in [0.1, 0.15) is 11.5 Å². The lowest BCUT2D eigenvalue weighted by molar-refractivity contribution is 0.0944. The van der Waals surface area contributed by atoms with Crippen LogP contribution in [0.5, 0.6) is 23.0 Å². The average molecular weight is 366 g/mol. The fourth-order valence-corrected chi connectivity index (χ4v) is 2.69. The molecule has 1 aromatic heterocycles. The fourth-order valence-electron chi connectivity index (χ4n) is 2.69. The van der Waals surface area contributed by atoms with E-state index in [1.165, 1.54) is 31.6 Å². The standard InChI is InChI=1S/C19H14N2O6/c1-25-13-3-4-15(22)14(7-13)18(23)12-8-20-21(9-12)19(24)11-2-5-16-17(6-11)27-10-26-16/h2-9,22H,10H2,1H3. The molecule has 27 heavy (non-hydrogen) atoms. The number of hydrogen-bond donors (Lipinski definition) is 1. The summed E-state index contributed by atoms with van der Waals surface area (Å²) in [6.07, 6.45) is 2.58. The molecule has 0 saturated carbocycles. The van der Waals surface area contributed by atoms with Crippen molar-refractivity contribution in [3.8, 4) is 23.0 Å². The Kier molecular flexibility index (Phi) is 4.00. The summed E-state index contributed by atoms with van der Waals surface area (Å²) in [7, 11) is 1.46. The van der Waals surface area contributed by atoms with Crippen molar-refractivity contribution in [1.82, 2.24) is 9.78 Å². The van der Waals surface area contributed by atoms with E-state index in [-0.39, 0.29) is 23.7 Å². The van der Waals surface area contributed by atoms with Crippen LogP contribution in [0.15, 0.2) is 48.8 Å². The van der Waals surface area contributed by atoms with Crippen LogP contribution in [0.4, 0.5) is 0 Å². The molecule has 8 nitrogen and oxygen atoms in total. The van der Waals surface area contributed by atoms with Gasteiger partial charge in [0.25, 0.3) is 5.91 Å². The molecule has 0 unspecified atom stereocenters. The lowest BCUT2D eigenvalue weighted by Gasteiger charge is -2.05. The van der Waals surface area contributed by atoms with Crippen molar-refractivity contribution in [1.29, 1.82) is 0 Å². The van der Waals surface area contributed by atoms with E-state index in [0.29, 0.717) is 22.8 Å². The Labute approximate surface area is 153 Å². The van der Waals surface area contributed by atoms with Crippen LogP contribution < -0.4 is 14.2 Å². The summed E-state index contributed by atoms with van der Waals surface area (Å²) in [6.45, 7) is 0.109. The summed E-state index contributed by atoms with van der Waals surface area (Å²) >= 11 is 0. The highest BCUT2D eigenvalue weighted by molar-refractivity contribution is 6.11. The maximum Gasteiger partial charge on any atom is 0.278 e. The van der Waals surface area contributed by atoms with Crippen LogP contribution in [-0.4, -0.2) is 40.5 Å². The molecule has 4 rings (SSSR count). The summed E-state index contributed by atoms with van der Waals surface area (Å²) in [4.78, 5) is 25.3. The second-order valence-electron chi connectivity index (χ2n) is 5.76. The van der Waals surface area contributed by atoms with Gasteiger partial charge in [-0.2, -0.15) is 5.10 Å². The first-order valence-corrected chi connectivity index (χ1v) is 7.97. The number of methoxy groups -OCH3 is 1. The lowest BCUT2D eigenvalue weighted by atomic mass is 10.1. The van der Waals surface area contributed by atoms with Gasteiger partial charge in [-0.05, 0) is 36.4 Å². The number of fused-ring (bicyclic) bond motifs is 1. The van der Waals surface area contributed by atoms with Gasteiger partial charge in [-0.25, -0.2) is 4.68 Å². The molecular weight excluding hydrogens is 352 g/mol. The molecule has 1 aliphatic heterocycles. The molecule has 0 fully saturated rings. The SMILES string of the molecule is COc1ccc(O)c(C(=O)c2cnn(C(=O)c3ccc4c(c3)OCO4)c2)c1. The van der Waals surface area contributed by atoms with E-state index in [9.17, 15) is 14.7 Å². The van der Waals surface area contributed by atoms with E-state index < -0.39 is 11.7 Å². The van der Waals surface area contributed by atoms with Gasteiger partial charge in [0.15, 0.2) is 17.3 Å². The minimum Gasteiger partial charge on any atom is -0.507 e. The van der Waals surface area contributed by atoms with Gasteiger partial charge >= 0.3 is 0 Å². The first-order valence-electron chi connectivity index (χ1n) is 7.97. The Hall–Kier alpha value is -3.81. The largest absolute Gasteiger partial charge is 0.507 e. The first kappa shape index (κ1) is 16.6. The number of nitrogens with zero attached hydrogens (tertiary/aromatic N) is 2. The zero-order valence-electron chi connectivity index (χ0n) is 14.2. The zero-order chi connectivity index (χ0) is 19.0. The third kappa shape index (κ3) is 2.97. The van der Waals surface area contributed by atoms with E-state index in [2.05, 4.69) is 5.10 Å². The summed E-state index contributed by atoms with van der Waals surface area (Å²) in [5.74, 6) is 0.385. The molecule has 1 N–H and O–H groups in total. The number of phenolic OH excluding ortho intramolecular Hbond substituents is 1. The van der Waals surface area contributed by atoms with E-state index in [1.807, 2.05) is 0 Å².